The van der Waals surface area contributed by atoms with Crippen LogP contribution in [-0.2, 0) is 10.8 Å². The van der Waals surface area contributed by atoms with Gasteiger partial charge in [-0.3, -0.25) is 0 Å². The van der Waals surface area contributed by atoms with Crippen LogP contribution in [0, 0.1) is 0 Å². The molecule has 334 valence electrons. The predicted octanol–water partition coefficient (Wildman–Crippen LogP) is 18.0. The van der Waals surface area contributed by atoms with Crippen molar-refractivity contribution in [2.45, 2.75) is 10.8 Å². The monoisotopic (exact) mass is 912 g/mol. The molecule has 2 nitrogen and oxygen atoms in total. The van der Waals surface area contributed by atoms with Gasteiger partial charge >= 0.3 is 0 Å². The number of nitrogens with zero attached hydrogens (tertiary/aromatic N) is 2. The Hall–Kier alpha value is -9.24. The molecule has 4 aliphatic carbocycles. The molecule has 0 amide bonds. The minimum absolute atomic E-state index is 0.635. The zero-order valence-electron chi connectivity index (χ0n) is 39.3. The summed E-state index contributed by atoms with van der Waals surface area (Å²) in [7, 11) is 0. The lowest BCUT2D eigenvalue weighted by atomic mass is 9.65. The Morgan fingerprint density at radius 2 is 0.486 bits per heavy atom. The molecule has 0 atom stereocenters. The third-order valence-electron chi connectivity index (χ3n) is 16.5. The predicted molar refractivity (Wildman–Crippen MR) is 298 cm³/mol. The number of anilines is 6. The highest BCUT2D eigenvalue weighted by atomic mass is 15.1. The van der Waals surface area contributed by atoms with E-state index in [2.05, 4.69) is 277 Å². The highest BCUT2D eigenvalue weighted by Gasteiger charge is 2.61. The Labute approximate surface area is 419 Å². The molecule has 2 spiro atoms. The smallest absolute Gasteiger partial charge is 0.0727 e. The number of para-hydroxylation sites is 2. The number of benzene rings is 12. The summed E-state index contributed by atoms with van der Waals surface area (Å²) in [5, 5.41) is 4.88. The minimum atomic E-state index is -0.635. The summed E-state index contributed by atoms with van der Waals surface area (Å²) >= 11 is 0. The number of hydrogen-bond donors (Lipinski definition) is 0. The SMILES string of the molecule is c1ccc(N(c2cc3c4c(c2)C2(c5ccccc5-c5ccccc52)c2cc(N(c5ccccc5)c5ccc6ccccc6c5)cc(c2-4)C32c3ccccc3-c3ccccc32)c2ccc3ccccc3c2)cc1. The summed E-state index contributed by atoms with van der Waals surface area (Å²) in [6.45, 7) is 0. The summed E-state index contributed by atoms with van der Waals surface area (Å²) < 4.78 is 0. The van der Waals surface area contributed by atoms with Crippen LogP contribution in [0.15, 0.2) is 267 Å². The van der Waals surface area contributed by atoms with Gasteiger partial charge in [-0.05, 0) is 172 Å². The molecule has 12 aromatic rings. The summed E-state index contributed by atoms with van der Waals surface area (Å²) in [4.78, 5) is 5.01. The lowest BCUT2D eigenvalue weighted by molar-refractivity contribution is 0.756. The summed E-state index contributed by atoms with van der Waals surface area (Å²) in [6.07, 6.45) is 0. The molecule has 2 heteroatoms. The summed E-state index contributed by atoms with van der Waals surface area (Å²) in [5.74, 6) is 0. The van der Waals surface area contributed by atoms with Gasteiger partial charge in [0, 0.05) is 34.1 Å². The molecule has 0 bridgehead atoms. The van der Waals surface area contributed by atoms with E-state index in [-0.39, 0.29) is 0 Å². The second kappa shape index (κ2) is 14.6. The first-order valence-electron chi connectivity index (χ1n) is 25.2. The van der Waals surface area contributed by atoms with Crippen molar-refractivity contribution in [1.82, 2.24) is 0 Å². The fourth-order valence-electron chi connectivity index (χ4n) is 13.8. The second-order valence-corrected chi connectivity index (χ2v) is 19.9. The lowest BCUT2D eigenvalue weighted by Gasteiger charge is -2.38. The van der Waals surface area contributed by atoms with Crippen molar-refractivity contribution in [2.24, 2.45) is 0 Å². The normalized spacial score (nSPS) is 14.1. The van der Waals surface area contributed by atoms with Crippen LogP contribution < -0.4 is 9.80 Å². The van der Waals surface area contributed by atoms with Crippen LogP contribution in [0.5, 0.6) is 0 Å². The van der Waals surface area contributed by atoms with Crippen LogP contribution in [0.4, 0.5) is 34.1 Å². The first-order chi connectivity index (χ1) is 35.7. The molecular weight excluding hydrogens is 869 g/mol. The van der Waals surface area contributed by atoms with Gasteiger partial charge < -0.3 is 9.80 Å². The first-order valence-corrected chi connectivity index (χ1v) is 25.2. The molecule has 0 N–H and O–H groups in total. The van der Waals surface area contributed by atoms with Crippen molar-refractivity contribution in [3.63, 3.8) is 0 Å². The highest BCUT2D eigenvalue weighted by Crippen LogP contribution is 2.73. The van der Waals surface area contributed by atoms with E-state index in [1.807, 2.05) is 0 Å². The molecule has 0 radical (unpaired) electrons. The van der Waals surface area contributed by atoms with Crippen molar-refractivity contribution in [3.8, 4) is 33.4 Å². The minimum Gasteiger partial charge on any atom is -0.310 e. The van der Waals surface area contributed by atoms with Crippen molar-refractivity contribution in [1.29, 1.82) is 0 Å². The molecule has 0 heterocycles. The Morgan fingerprint density at radius 1 is 0.194 bits per heavy atom. The number of rotatable bonds is 6. The van der Waals surface area contributed by atoms with Gasteiger partial charge in [-0.2, -0.15) is 0 Å². The van der Waals surface area contributed by atoms with Gasteiger partial charge in [0.25, 0.3) is 0 Å². The topological polar surface area (TPSA) is 6.48 Å². The van der Waals surface area contributed by atoms with Gasteiger partial charge in [0.1, 0.15) is 0 Å². The molecule has 4 aliphatic rings. The average Bonchev–Trinajstić information content (AvgIpc) is 4.14. The number of hydrogen-bond acceptors (Lipinski definition) is 2. The van der Waals surface area contributed by atoms with Crippen molar-refractivity contribution in [3.05, 3.63) is 311 Å². The molecule has 0 unspecified atom stereocenters. The molecule has 0 aromatic heterocycles. The van der Waals surface area contributed by atoms with Crippen LogP contribution in [-0.4, -0.2) is 0 Å². The van der Waals surface area contributed by atoms with Crippen molar-refractivity contribution >= 4 is 55.7 Å². The largest absolute Gasteiger partial charge is 0.310 e. The average molecular weight is 913 g/mol. The zero-order valence-corrected chi connectivity index (χ0v) is 39.3. The van der Waals surface area contributed by atoms with E-state index in [0.29, 0.717) is 0 Å². The lowest BCUT2D eigenvalue weighted by Crippen LogP contribution is -2.31. The van der Waals surface area contributed by atoms with Crippen molar-refractivity contribution in [2.75, 3.05) is 9.80 Å². The Balaban J connectivity index is 1.08. The number of fused-ring (bicyclic) bond motifs is 16. The van der Waals surface area contributed by atoms with Gasteiger partial charge in [-0.25, -0.2) is 0 Å². The van der Waals surface area contributed by atoms with E-state index in [9.17, 15) is 0 Å². The zero-order chi connectivity index (χ0) is 47.1. The first kappa shape index (κ1) is 39.6. The van der Waals surface area contributed by atoms with E-state index < -0.39 is 10.8 Å². The molecule has 0 aliphatic heterocycles. The molecule has 16 rings (SSSR count). The van der Waals surface area contributed by atoms with E-state index >= 15 is 0 Å². The van der Waals surface area contributed by atoms with Gasteiger partial charge in [0.05, 0.1) is 10.8 Å². The summed E-state index contributed by atoms with van der Waals surface area (Å²) in [6, 6.07) is 101. The molecule has 12 aromatic carbocycles. The van der Waals surface area contributed by atoms with Crippen molar-refractivity contribution < 1.29 is 0 Å². The molecule has 0 fully saturated rings. The van der Waals surface area contributed by atoms with Gasteiger partial charge in [-0.15, -0.1) is 0 Å². The molecule has 0 saturated carbocycles. The maximum absolute atomic E-state index is 2.58. The van der Waals surface area contributed by atoms with E-state index in [0.717, 1.165) is 34.1 Å². The maximum Gasteiger partial charge on any atom is 0.0727 e. The van der Waals surface area contributed by atoms with Gasteiger partial charge in [-0.1, -0.05) is 194 Å². The standard InChI is InChI=1S/C70H44N2/c1-3-23-49(24-4-1)71(51-37-35-45-19-7-9-21-47(45)39-51)53-41-63-67-64(42-53)70(61-33-17-13-29-57(61)58-30-14-18-34-62(58)70)66-44-54(72(50-25-5-2-6-26-50)52-38-36-46-20-8-10-22-48(46)40-52)43-65(68(66)67)69(63)59-31-15-11-27-55(59)56-28-12-16-32-60(56)69/h1-44H. The van der Waals surface area contributed by atoms with Crippen LogP contribution in [0.1, 0.15) is 44.5 Å². The third-order valence-corrected chi connectivity index (χ3v) is 16.5. The molecular formula is C70H44N2. The quantitative estimate of drug-likeness (QED) is 0.164. The van der Waals surface area contributed by atoms with Gasteiger partial charge in [0.2, 0.25) is 0 Å². The van der Waals surface area contributed by atoms with Crippen LogP contribution in [0.2, 0.25) is 0 Å². The fraction of sp³-hybridized carbons (Fsp3) is 0.0286. The summed E-state index contributed by atoms with van der Waals surface area (Å²) in [5.41, 5.74) is 24.0. The molecule has 0 saturated heterocycles. The molecule has 72 heavy (non-hydrogen) atoms. The van der Waals surface area contributed by atoms with E-state index in [4.69, 9.17) is 0 Å². The van der Waals surface area contributed by atoms with Crippen LogP contribution >= 0.6 is 0 Å². The van der Waals surface area contributed by atoms with Gasteiger partial charge in [0.15, 0.2) is 0 Å². The Morgan fingerprint density at radius 3 is 0.833 bits per heavy atom. The highest BCUT2D eigenvalue weighted by molar-refractivity contribution is 6.07. The Bertz CT molecular complexity index is 3820. The maximum atomic E-state index is 2.58. The second-order valence-electron chi connectivity index (χ2n) is 19.9. The van der Waals surface area contributed by atoms with Crippen LogP contribution in [0.25, 0.3) is 54.9 Å². The fourth-order valence-corrected chi connectivity index (χ4v) is 13.8. The third kappa shape index (κ3) is 5.08. The van der Waals surface area contributed by atoms with E-state index in [1.165, 1.54) is 99.4 Å². The van der Waals surface area contributed by atoms with Crippen LogP contribution in [0.3, 0.4) is 0 Å². The van der Waals surface area contributed by atoms with E-state index in [1.54, 1.807) is 0 Å². The Kier molecular flexibility index (Phi) is 8.05.